The molecule has 38 heavy (non-hydrogen) atoms. The summed E-state index contributed by atoms with van der Waals surface area (Å²) in [6.45, 7) is 8.36. The van der Waals surface area contributed by atoms with Gasteiger partial charge in [0, 0.05) is 38.2 Å². The summed E-state index contributed by atoms with van der Waals surface area (Å²) in [6, 6.07) is 22.0. The Balaban J connectivity index is 1.05. The van der Waals surface area contributed by atoms with Gasteiger partial charge in [0.1, 0.15) is 5.82 Å². The Morgan fingerprint density at radius 3 is 2.32 bits per heavy atom. The molecule has 0 radical (unpaired) electrons. The first-order valence-electron chi connectivity index (χ1n) is 14.4. The van der Waals surface area contributed by atoms with Crippen molar-refractivity contribution in [1.29, 1.82) is 0 Å². The number of aryl methyl sites for hydroxylation is 1. The molecule has 0 N–H and O–H groups in total. The maximum atomic E-state index is 13.1. The summed E-state index contributed by atoms with van der Waals surface area (Å²) in [5.41, 5.74) is 7.60. The highest BCUT2D eigenvalue weighted by Gasteiger charge is 2.20. The molecule has 3 aromatic rings. The Labute approximate surface area is 227 Å². The lowest BCUT2D eigenvalue weighted by Gasteiger charge is -2.32. The fourth-order valence-electron chi connectivity index (χ4n) is 6.11. The monoisotopic (exact) mass is 512 g/mol. The van der Waals surface area contributed by atoms with Crippen LogP contribution in [0.1, 0.15) is 70.3 Å². The van der Waals surface area contributed by atoms with Crippen LogP contribution in [-0.2, 0) is 25.9 Å². The van der Waals surface area contributed by atoms with Gasteiger partial charge in [-0.15, -0.1) is 0 Å². The van der Waals surface area contributed by atoms with Gasteiger partial charge in [0.15, 0.2) is 5.78 Å². The number of fused-ring (bicyclic) bond motifs is 1. The highest BCUT2D eigenvalue weighted by molar-refractivity contribution is 5.96. The first-order valence-corrected chi connectivity index (χ1v) is 14.4. The van der Waals surface area contributed by atoms with Crippen molar-refractivity contribution in [3.05, 3.63) is 106 Å². The number of ketones is 1. The molecule has 2 heterocycles. The molecule has 1 fully saturated rings. The lowest BCUT2D eigenvalue weighted by molar-refractivity contribution is 0.0974. The first-order chi connectivity index (χ1) is 18.5. The molecule has 0 aromatic heterocycles. The van der Waals surface area contributed by atoms with Crippen molar-refractivity contribution in [2.24, 2.45) is 5.92 Å². The van der Waals surface area contributed by atoms with E-state index >= 15 is 0 Å². The van der Waals surface area contributed by atoms with Crippen LogP contribution in [0.2, 0.25) is 0 Å². The SMILES string of the molecule is Cc1ccccc1CN1CCc2ccc(C(=O)CCCC3CCN(Cc4ccc(F)cc4)CC3)cc2CC1. The number of likely N-dealkylation sites (tertiary alicyclic amines) is 1. The molecule has 2 aliphatic heterocycles. The van der Waals surface area contributed by atoms with Gasteiger partial charge in [0.05, 0.1) is 0 Å². The van der Waals surface area contributed by atoms with E-state index in [1.54, 1.807) is 12.1 Å². The Morgan fingerprint density at radius 2 is 1.55 bits per heavy atom. The first kappa shape index (κ1) is 26.8. The van der Waals surface area contributed by atoms with Crippen LogP contribution >= 0.6 is 0 Å². The minimum Gasteiger partial charge on any atom is -0.299 e. The van der Waals surface area contributed by atoms with Gasteiger partial charge in [0.2, 0.25) is 0 Å². The van der Waals surface area contributed by atoms with Crippen molar-refractivity contribution < 1.29 is 9.18 Å². The molecule has 0 amide bonds. The number of benzene rings is 3. The van der Waals surface area contributed by atoms with Gasteiger partial charge < -0.3 is 0 Å². The van der Waals surface area contributed by atoms with Crippen LogP contribution in [0.3, 0.4) is 0 Å². The molecular formula is C34H41FN2O. The van der Waals surface area contributed by atoms with E-state index in [-0.39, 0.29) is 5.82 Å². The molecular weight excluding hydrogens is 471 g/mol. The summed E-state index contributed by atoms with van der Waals surface area (Å²) < 4.78 is 13.1. The second kappa shape index (κ2) is 12.8. The standard InChI is InChI=1S/C34H41FN2O/c1-26-5-2-3-7-32(26)25-37-21-17-29-11-12-31(23-30(29)18-22-37)34(38)8-4-6-27-15-19-36(20-16-27)24-28-9-13-33(35)14-10-28/h2-3,5,7,9-14,23,27H,4,6,8,15-22,24-25H2,1H3. The predicted molar refractivity (Wildman–Crippen MR) is 153 cm³/mol. The average Bonchev–Trinajstić information content (AvgIpc) is 3.14. The van der Waals surface area contributed by atoms with E-state index in [1.165, 1.54) is 40.7 Å². The minimum atomic E-state index is -0.173. The van der Waals surface area contributed by atoms with Crippen LogP contribution < -0.4 is 0 Å². The maximum Gasteiger partial charge on any atom is 0.162 e. The van der Waals surface area contributed by atoms with Gasteiger partial charge in [-0.05, 0) is 110 Å². The van der Waals surface area contributed by atoms with Crippen LogP contribution in [0.15, 0.2) is 66.7 Å². The molecule has 2 aliphatic rings. The molecule has 0 spiro atoms. The van der Waals surface area contributed by atoms with E-state index in [9.17, 15) is 9.18 Å². The van der Waals surface area contributed by atoms with Crippen molar-refractivity contribution in [1.82, 2.24) is 9.80 Å². The van der Waals surface area contributed by atoms with Gasteiger partial charge in [-0.3, -0.25) is 14.6 Å². The number of carbonyl (C=O) groups excluding carboxylic acids is 1. The van der Waals surface area contributed by atoms with E-state index in [0.29, 0.717) is 18.1 Å². The van der Waals surface area contributed by atoms with Gasteiger partial charge in [-0.2, -0.15) is 0 Å². The number of nitrogens with zero attached hydrogens (tertiary/aromatic N) is 2. The molecule has 200 valence electrons. The molecule has 0 atom stereocenters. The fraction of sp³-hybridized carbons (Fsp3) is 0.441. The highest BCUT2D eigenvalue weighted by Crippen LogP contribution is 2.25. The second-order valence-corrected chi connectivity index (χ2v) is 11.3. The second-order valence-electron chi connectivity index (χ2n) is 11.3. The number of rotatable bonds is 9. The fourth-order valence-corrected chi connectivity index (χ4v) is 6.11. The van der Waals surface area contributed by atoms with Crippen molar-refractivity contribution >= 4 is 5.78 Å². The van der Waals surface area contributed by atoms with E-state index in [1.807, 2.05) is 12.1 Å². The summed E-state index contributed by atoms with van der Waals surface area (Å²) in [5, 5.41) is 0. The zero-order valence-electron chi connectivity index (χ0n) is 22.8. The summed E-state index contributed by atoms with van der Waals surface area (Å²) in [7, 11) is 0. The van der Waals surface area contributed by atoms with Crippen molar-refractivity contribution in [2.75, 3.05) is 26.2 Å². The van der Waals surface area contributed by atoms with Gasteiger partial charge in [-0.1, -0.05) is 48.5 Å². The maximum absolute atomic E-state index is 13.1. The minimum absolute atomic E-state index is 0.173. The van der Waals surface area contributed by atoms with Crippen molar-refractivity contribution in [2.45, 2.75) is 65.0 Å². The van der Waals surface area contributed by atoms with Crippen LogP contribution in [0.25, 0.3) is 0 Å². The van der Waals surface area contributed by atoms with E-state index in [2.05, 4.69) is 59.2 Å². The zero-order chi connectivity index (χ0) is 26.3. The zero-order valence-corrected chi connectivity index (χ0v) is 22.8. The number of halogens is 1. The van der Waals surface area contributed by atoms with Gasteiger partial charge in [0.25, 0.3) is 0 Å². The van der Waals surface area contributed by atoms with E-state index in [0.717, 1.165) is 70.5 Å². The van der Waals surface area contributed by atoms with Gasteiger partial charge >= 0.3 is 0 Å². The number of Topliss-reactive ketones (excluding diaryl/α,β-unsaturated/α-hetero) is 1. The van der Waals surface area contributed by atoms with Crippen LogP contribution in [-0.4, -0.2) is 41.8 Å². The van der Waals surface area contributed by atoms with E-state index in [4.69, 9.17) is 0 Å². The van der Waals surface area contributed by atoms with Crippen molar-refractivity contribution in [3.63, 3.8) is 0 Å². The van der Waals surface area contributed by atoms with Crippen LogP contribution in [0, 0.1) is 18.7 Å². The average molecular weight is 513 g/mol. The number of carbonyl (C=O) groups is 1. The highest BCUT2D eigenvalue weighted by atomic mass is 19.1. The molecule has 0 saturated carbocycles. The van der Waals surface area contributed by atoms with E-state index < -0.39 is 0 Å². The molecule has 3 nitrogen and oxygen atoms in total. The predicted octanol–water partition coefficient (Wildman–Crippen LogP) is 7.00. The summed E-state index contributed by atoms with van der Waals surface area (Å²) in [4.78, 5) is 18.1. The normalized spacial score (nSPS) is 17.2. The Hall–Kier alpha value is -2.82. The third-order valence-electron chi connectivity index (χ3n) is 8.62. The molecule has 3 aromatic carbocycles. The Bertz CT molecular complexity index is 1210. The third kappa shape index (κ3) is 7.18. The van der Waals surface area contributed by atoms with Gasteiger partial charge in [-0.25, -0.2) is 4.39 Å². The Morgan fingerprint density at radius 1 is 0.842 bits per heavy atom. The largest absolute Gasteiger partial charge is 0.299 e. The smallest absolute Gasteiger partial charge is 0.162 e. The Kier molecular flexibility index (Phi) is 9.03. The van der Waals surface area contributed by atoms with Crippen LogP contribution in [0.5, 0.6) is 0 Å². The third-order valence-corrected chi connectivity index (χ3v) is 8.62. The summed E-state index contributed by atoms with van der Waals surface area (Å²) in [6.07, 6.45) is 7.19. The number of hydrogen-bond donors (Lipinski definition) is 0. The topological polar surface area (TPSA) is 23.6 Å². The molecule has 0 aliphatic carbocycles. The molecule has 5 rings (SSSR count). The molecule has 4 heteroatoms. The molecule has 0 unspecified atom stereocenters. The number of hydrogen-bond acceptors (Lipinski definition) is 3. The summed E-state index contributed by atoms with van der Waals surface area (Å²) >= 11 is 0. The quantitative estimate of drug-likeness (QED) is 0.288. The lowest BCUT2D eigenvalue weighted by Crippen LogP contribution is -2.33. The molecule has 0 bridgehead atoms. The number of piperidine rings is 1. The van der Waals surface area contributed by atoms with Crippen LogP contribution in [0.4, 0.5) is 4.39 Å². The lowest BCUT2D eigenvalue weighted by atomic mass is 9.90. The van der Waals surface area contributed by atoms with Crippen molar-refractivity contribution in [3.8, 4) is 0 Å². The molecule has 1 saturated heterocycles. The summed E-state index contributed by atoms with van der Waals surface area (Å²) in [5.74, 6) is 0.828.